The monoisotopic (exact) mass is 360 g/mol. The zero-order valence-corrected chi connectivity index (χ0v) is 15.2. The van der Waals surface area contributed by atoms with Gasteiger partial charge in [0.1, 0.15) is 5.54 Å². The second kappa shape index (κ2) is 7.36. The van der Waals surface area contributed by atoms with Gasteiger partial charge in [-0.2, -0.15) is 5.10 Å². The number of aromatic nitrogens is 2. The average Bonchev–Trinajstić information content (AvgIpc) is 3.30. The van der Waals surface area contributed by atoms with Crippen LogP contribution in [-0.4, -0.2) is 83.2 Å². The van der Waals surface area contributed by atoms with Gasteiger partial charge in [0.2, 0.25) is 5.91 Å². The zero-order chi connectivity index (χ0) is 18.0. The number of hydrogen-bond acceptors (Lipinski definition) is 5. The Labute approximate surface area is 153 Å². The molecule has 1 saturated carbocycles. The lowest BCUT2D eigenvalue weighted by Gasteiger charge is -2.43. The SMILES string of the molecule is O=C(CN1CCN(C(=O)C2(n3cccn3)CCNCC2)CC1)NC1CC1. The number of nitrogens with one attached hydrogen (secondary N) is 2. The fourth-order valence-corrected chi connectivity index (χ4v) is 4.01. The van der Waals surface area contributed by atoms with Gasteiger partial charge in [0.25, 0.3) is 5.91 Å². The van der Waals surface area contributed by atoms with E-state index >= 15 is 0 Å². The summed E-state index contributed by atoms with van der Waals surface area (Å²) in [6.07, 6.45) is 7.39. The van der Waals surface area contributed by atoms with Crippen molar-refractivity contribution in [1.82, 2.24) is 30.2 Å². The Hall–Kier alpha value is -1.93. The van der Waals surface area contributed by atoms with Gasteiger partial charge in [-0.15, -0.1) is 0 Å². The van der Waals surface area contributed by atoms with Crippen LogP contribution >= 0.6 is 0 Å². The molecule has 0 radical (unpaired) electrons. The first kappa shape index (κ1) is 17.5. The molecule has 2 N–H and O–H groups in total. The van der Waals surface area contributed by atoms with Crippen molar-refractivity contribution in [1.29, 1.82) is 0 Å². The summed E-state index contributed by atoms with van der Waals surface area (Å²) in [6, 6.07) is 2.28. The molecule has 8 nitrogen and oxygen atoms in total. The molecule has 1 aromatic rings. The van der Waals surface area contributed by atoms with Gasteiger partial charge in [0, 0.05) is 44.6 Å². The van der Waals surface area contributed by atoms with Crippen molar-refractivity contribution in [3.8, 4) is 0 Å². The molecule has 2 amide bonds. The topological polar surface area (TPSA) is 82.5 Å². The summed E-state index contributed by atoms with van der Waals surface area (Å²) in [5.74, 6) is 0.281. The molecule has 3 heterocycles. The first-order valence-electron chi connectivity index (χ1n) is 9.69. The molecular weight excluding hydrogens is 332 g/mol. The van der Waals surface area contributed by atoms with E-state index in [1.54, 1.807) is 6.20 Å². The van der Waals surface area contributed by atoms with Crippen LogP contribution in [0.4, 0.5) is 0 Å². The Bertz CT molecular complexity index is 628. The van der Waals surface area contributed by atoms with E-state index in [1.807, 2.05) is 21.8 Å². The van der Waals surface area contributed by atoms with Gasteiger partial charge in [-0.3, -0.25) is 19.2 Å². The zero-order valence-electron chi connectivity index (χ0n) is 15.2. The van der Waals surface area contributed by atoms with E-state index in [0.29, 0.717) is 25.7 Å². The Morgan fingerprint density at radius 1 is 1.15 bits per heavy atom. The van der Waals surface area contributed by atoms with Crippen molar-refractivity contribution < 1.29 is 9.59 Å². The minimum atomic E-state index is -0.569. The van der Waals surface area contributed by atoms with Crippen molar-refractivity contribution >= 4 is 11.8 Å². The van der Waals surface area contributed by atoms with Crippen LogP contribution in [0.2, 0.25) is 0 Å². The molecule has 2 aliphatic heterocycles. The molecule has 26 heavy (non-hydrogen) atoms. The van der Waals surface area contributed by atoms with Crippen LogP contribution < -0.4 is 10.6 Å². The number of carbonyl (C=O) groups is 2. The Morgan fingerprint density at radius 3 is 2.50 bits per heavy atom. The van der Waals surface area contributed by atoms with Crippen molar-refractivity contribution in [3.05, 3.63) is 18.5 Å². The fraction of sp³-hybridized carbons (Fsp3) is 0.722. The molecule has 0 bridgehead atoms. The van der Waals surface area contributed by atoms with Gasteiger partial charge in [-0.25, -0.2) is 0 Å². The molecule has 0 aromatic carbocycles. The lowest BCUT2D eigenvalue weighted by Crippen LogP contribution is -2.59. The van der Waals surface area contributed by atoms with Gasteiger partial charge in [0.05, 0.1) is 6.54 Å². The molecule has 0 unspecified atom stereocenters. The Balaban J connectivity index is 1.36. The number of piperidine rings is 1. The predicted octanol–water partition coefficient (Wildman–Crippen LogP) is -0.615. The Kier molecular flexibility index (Phi) is 4.95. The lowest BCUT2D eigenvalue weighted by atomic mass is 9.86. The molecule has 2 saturated heterocycles. The van der Waals surface area contributed by atoms with Crippen LogP contribution in [0.3, 0.4) is 0 Å². The minimum absolute atomic E-state index is 0.110. The maximum atomic E-state index is 13.4. The van der Waals surface area contributed by atoms with Gasteiger partial charge in [0.15, 0.2) is 0 Å². The maximum absolute atomic E-state index is 13.4. The molecule has 4 rings (SSSR count). The van der Waals surface area contributed by atoms with E-state index in [-0.39, 0.29) is 11.8 Å². The van der Waals surface area contributed by atoms with E-state index in [1.165, 1.54) is 0 Å². The van der Waals surface area contributed by atoms with Crippen LogP contribution in [0, 0.1) is 0 Å². The van der Waals surface area contributed by atoms with E-state index in [4.69, 9.17) is 0 Å². The number of amides is 2. The van der Waals surface area contributed by atoms with E-state index in [0.717, 1.165) is 51.9 Å². The van der Waals surface area contributed by atoms with Crippen molar-refractivity contribution in [3.63, 3.8) is 0 Å². The highest BCUT2D eigenvalue weighted by Crippen LogP contribution is 2.29. The lowest BCUT2D eigenvalue weighted by molar-refractivity contribution is -0.145. The van der Waals surface area contributed by atoms with E-state index < -0.39 is 5.54 Å². The third kappa shape index (κ3) is 3.61. The van der Waals surface area contributed by atoms with Crippen LogP contribution in [-0.2, 0) is 15.1 Å². The van der Waals surface area contributed by atoms with Crippen LogP contribution in [0.25, 0.3) is 0 Å². The maximum Gasteiger partial charge on any atom is 0.250 e. The number of hydrogen-bond donors (Lipinski definition) is 2. The number of piperazine rings is 1. The summed E-state index contributed by atoms with van der Waals surface area (Å²) in [6.45, 7) is 4.93. The molecule has 0 spiro atoms. The van der Waals surface area contributed by atoms with Gasteiger partial charge < -0.3 is 15.5 Å². The molecule has 8 heteroatoms. The molecular formula is C18H28N6O2. The Morgan fingerprint density at radius 2 is 1.88 bits per heavy atom. The van der Waals surface area contributed by atoms with Gasteiger partial charge in [-0.1, -0.05) is 0 Å². The second-order valence-corrected chi connectivity index (χ2v) is 7.64. The van der Waals surface area contributed by atoms with Crippen molar-refractivity contribution in [2.75, 3.05) is 45.8 Å². The van der Waals surface area contributed by atoms with Gasteiger partial charge >= 0.3 is 0 Å². The summed E-state index contributed by atoms with van der Waals surface area (Å²) < 4.78 is 1.85. The number of rotatable bonds is 5. The molecule has 3 fully saturated rings. The fourth-order valence-electron chi connectivity index (χ4n) is 4.01. The number of nitrogens with zero attached hydrogens (tertiary/aromatic N) is 4. The first-order valence-corrected chi connectivity index (χ1v) is 9.69. The van der Waals surface area contributed by atoms with Crippen molar-refractivity contribution in [2.45, 2.75) is 37.3 Å². The molecule has 1 aromatic heterocycles. The summed E-state index contributed by atoms with van der Waals surface area (Å²) in [7, 11) is 0. The summed E-state index contributed by atoms with van der Waals surface area (Å²) >= 11 is 0. The summed E-state index contributed by atoms with van der Waals surface area (Å²) in [4.78, 5) is 29.5. The molecule has 1 aliphatic carbocycles. The second-order valence-electron chi connectivity index (χ2n) is 7.64. The molecule has 0 atom stereocenters. The third-order valence-corrected chi connectivity index (χ3v) is 5.74. The quantitative estimate of drug-likeness (QED) is 0.732. The van der Waals surface area contributed by atoms with Crippen LogP contribution in [0.5, 0.6) is 0 Å². The predicted molar refractivity (Wildman–Crippen MR) is 96.5 cm³/mol. The average molecular weight is 360 g/mol. The molecule has 142 valence electrons. The third-order valence-electron chi connectivity index (χ3n) is 5.74. The standard InChI is InChI=1S/C18H28N6O2/c25-16(21-15-2-3-15)14-22-10-12-23(13-11-22)17(26)18(4-7-19-8-5-18)24-9-1-6-20-24/h1,6,9,15,19H,2-5,7-8,10-14H2,(H,21,25). The van der Waals surface area contributed by atoms with Crippen LogP contribution in [0.15, 0.2) is 18.5 Å². The summed E-state index contributed by atoms with van der Waals surface area (Å²) in [5, 5.41) is 10.8. The highest BCUT2D eigenvalue weighted by Gasteiger charge is 2.45. The number of carbonyl (C=O) groups excluding carboxylic acids is 2. The van der Waals surface area contributed by atoms with Gasteiger partial charge in [-0.05, 0) is 44.8 Å². The summed E-state index contributed by atoms with van der Waals surface area (Å²) in [5.41, 5.74) is -0.569. The first-order chi connectivity index (χ1) is 12.7. The normalized spacial score (nSPS) is 23.6. The smallest absolute Gasteiger partial charge is 0.250 e. The highest BCUT2D eigenvalue weighted by atomic mass is 16.2. The van der Waals surface area contributed by atoms with Crippen molar-refractivity contribution in [2.24, 2.45) is 0 Å². The van der Waals surface area contributed by atoms with E-state index in [9.17, 15) is 9.59 Å². The highest BCUT2D eigenvalue weighted by molar-refractivity contribution is 5.85. The van der Waals surface area contributed by atoms with E-state index in [2.05, 4.69) is 20.6 Å². The van der Waals surface area contributed by atoms with Crippen LogP contribution in [0.1, 0.15) is 25.7 Å². The molecule has 3 aliphatic rings. The largest absolute Gasteiger partial charge is 0.352 e. The minimum Gasteiger partial charge on any atom is -0.352 e.